The maximum absolute atomic E-state index is 12.8. The van der Waals surface area contributed by atoms with Gasteiger partial charge in [-0.25, -0.2) is 4.39 Å². The summed E-state index contributed by atoms with van der Waals surface area (Å²) in [5.41, 5.74) is 0.741. The third-order valence-electron chi connectivity index (χ3n) is 2.81. The Morgan fingerprint density at radius 2 is 1.88 bits per heavy atom. The van der Waals surface area contributed by atoms with Crippen LogP contribution in [0.4, 0.5) is 4.39 Å². The lowest BCUT2D eigenvalue weighted by Gasteiger charge is -2.26. The van der Waals surface area contributed by atoms with Crippen molar-refractivity contribution < 1.29 is 9.13 Å². The molecule has 1 aromatic carbocycles. The van der Waals surface area contributed by atoms with Crippen molar-refractivity contribution in [3.63, 3.8) is 0 Å². The first-order valence-corrected chi connectivity index (χ1v) is 5.56. The van der Waals surface area contributed by atoms with Gasteiger partial charge in [0.15, 0.2) is 0 Å². The normalized spacial score (nSPS) is 28.2. The molecule has 0 aliphatic carbocycles. The molecule has 1 heterocycles. The van der Waals surface area contributed by atoms with Crippen LogP contribution < -0.4 is 5.32 Å². The van der Waals surface area contributed by atoms with Gasteiger partial charge in [0.25, 0.3) is 0 Å². The van der Waals surface area contributed by atoms with E-state index in [-0.39, 0.29) is 17.1 Å². The molecule has 1 saturated heterocycles. The van der Waals surface area contributed by atoms with Gasteiger partial charge in [-0.2, -0.15) is 0 Å². The zero-order valence-corrected chi connectivity index (χ0v) is 10.0. The lowest BCUT2D eigenvalue weighted by atomic mass is 10.0. The molecule has 1 aromatic rings. The largest absolute Gasteiger partial charge is 0.359 e. The van der Waals surface area contributed by atoms with Crippen molar-refractivity contribution in [2.75, 3.05) is 6.61 Å². The molecule has 0 saturated carbocycles. The van der Waals surface area contributed by atoms with Gasteiger partial charge < -0.3 is 4.74 Å². The summed E-state index contributed by atoms with van der Waals surface area (Å²) >= 11 is 0. The molecular weight excluding hydrogens is 205 g/mol. The van der Waals surface area contributed by atoms with E-state index in [1.54, 1.807) is 12.1 Å². The predicted octanol–water partition coefficient (Wildman–Crippen LogP) is 2.48. The van der Waals surface area contributed by atoms with E-state index in [1.807, 2.05) is 6.92 Å². The lowest BCUT2D eigenvalue weighted by molar-refractivity contribution is 0.00668. The van der Waals surface area contributed by atoms with E-state index in [4.69, 9.17) is 4.74 Å². The van der Waals surface area contributed by atoms with E-state index in [9.17, 15) is 4.39 Å². The highest BCUT2D eigenvalue weighted by Gasteiger charge is 2.39. The number of rotatable bonds is 2. The summed E-state index contributed by atoms with van der Waals surface area (Å²) in [6, 6.07) is 6.57. The van der Waals surface area contributed by atoms with Gasteiger partial charge in [-0.3, -0.25) is 5.32 Å². The van der Waals surface area contributed by atoms with Crippen molar-refractivity contribution in [2.45, 2.75) is 38.5 Å². The van der Waals surface area contributed by atoms with E-state index in [1.165, 1.54) is 12.1 Å². The molecular formula is C13H18FNO. The second kappa shape index (κ2) is 3.82. The molecule has 1 N–H and O–H groups in total. The molecule has 2 nitrogen and oxygen atoms in total. The van der Waals surface area contributed by atoms with Crippen LogP contribution >= 0.6 is 0 Å². The molecule has 2 rings (SSSR count). The molecule has 0 spiro atoms. The van der Waals surface area contributed by atoms with Gasteiger partial charge in [-0.05, 0) is 38.5 Å². The maximum atomic E-state index is 12.8. The molecule has 1 aliphatic rings. The van der Waals surface area contributed by atoms with Crippen LogP contribution in [0, 0.1) is 5.82 Å². The van der Waals surface area contributed by atoms with Gasteiger partial charge in [0.1, 0.15) is 11.5 Å². The molecule has 3 heteroatoms. The SMILES string of the molecule is CC1(C)COC(C)(Cc2ccc(F)cc2)N1. The van der Waals surface area contributed by atoms with Gasteiger partial charge in [-0.1, -0.05) is 12.1 Å². The maximum Gasteiger partial charge on any atom is 0.123 e. The average molecular weight is 223 g/mol. The first kappa shape index (κ1) is 11.6. The highest BCUT2D eigenvalue weighted by Crippen LogP contribution is 2.26. The first-order chi connectivity index (χ1) is 7.39. The second-order valence-corrected chi connectivity index (χ2v) is 5.33. The molecule has 1 aliphatic heterocycles. The number of hydrogen-bond acceptors (Lipinski definition) is 2. The summed E-state index contributed by atoms with van der Waals surface area (Å²) in [7, 11) is 0. The van der Waals surface area contributed by atoms with Crippen LogP contribution in [0.15, 0.2) is 24.3 Å². The summed E-state index contributed by atoms with van der Waals surface area (Å²) in [5, 5.41) is 3.45. The van der Waals surface area contributed by atoms with Crippen LogP contribution in [0.3, 0.4) is 0 Å². The molecule has 88 valence electrons. The Kier molecular flexibility index (Phi) is 2.76. The number of benzene rings is 1. The standard InChI is InChI=1S/C13H18FNO/c1-12(2)9-16-13(3,15-12)8-10-4-6-11(14)7-5-10/h4-7,15H,8-9H2,1-3H3. The van der Waals surface area contributed by atoms with Gasteiger partial charge in [0.2, 0.25) is 0 Å². The third kappa shape index (κ3) is 2.60. The van der Waals surface area contributed by atoms with Crippen molar-refractivity contribution in [1.29, 1.82) is 0 Å². The van der Waals surface area contributed by atoms with E-state index < -0.39 is 0 Å². The highest BCUT2D eigenvalue weighted by atomic mass is 19.1. The van der Waals surface area contributed by atoms with Crippen LogP contribution in [0.2, 0.25) is 0 Å². The fourth-order valence-corrected chi connectivity index (χ4v) is 2.21. The molecule has 16 heavy (non-hydrogen) atoms. The van der Waals surface area contributed by atoms with Crippen LogP contribution in [0.5, 0.6) is 0 Å². The number of nitrogens with one attached hydrogen (secondary N) is 1. The minimum atomic E-state index is -0.346. The van der Waals surface area contributed by atoms with Crippen molar-refractivity contribution in [2.24, 2.45) is 0 Å². The topological polar surface area (TPSA) is 21.3 Å². The van der Waals surface area contributed by atoms with Crippen molar-refractivity contribution in [3.8, 4) is 0 Å². The predicted molar refractivity (Wildman–Crippen MR) is 61.7 cm³/mol. The Balaban J connectivity index is 2.07. The van der Waals surface area contributed by atoms with Gasteiger partial charge in [0, 0.05) is 12.0 Å². The third-order valence-corrected chi connectivity index (χ3v) is 2.81. The zero-order valence-electron chi connectivity index (χ0n) is 10.0. The monoisotopic (exact) mass is 223 g/mol. The molecule has 0 radical (unpaired) electrons. The van der Waals surface area contributed by atoms with Crippen LogP contribution in [0.25, 0.3) is 0 Å². The van der Waals surface area contributed by atoms with E-state index in [2.05, 4.69) is 19.2 Å². The van der Waals surface area contributed by atoms with Crippen molar-refractivity contribution in [1.82, 2.24) is 5.32 Å². The smallest absolute Gasteiger partial charge is 0.123 e. The van der Waals surface area contributed by atoms with Crippen LogP contribution in [-0.4, -0.2) is 17.9 Å². The van der Waals surface area contributed by atoms with Crippen molar-refractivity contribution >= 4 is 0 Å². The summed E-state index contributed by atoms with van der Waals surface area (Å²) in [5.74, 6) is -0.200. The number of ether oxygens (including phenoxy) is 1. The molecule has 0 amide bonds. The summed E-state index contributed by atoms with van der Waals surface area (Å²) in [6.07, 6.45) is 0.747. The molecule has 0 bridgehead atoms. The zero-order chi connectivity index (χ0) is 11.8. The first-order valence-electron chi connectivity index (χ1n) is 5.56. The van der Waals surface area contributed by atoms with E-state index in [0.29, 0.717) is 6.61 Å². The quantitative estimate of drug-likeness (QED) is 0.831. The molecule has 1 atom stereocenters. The average Bonchev–Trinajstić information content (AvgIpc) is 2.45. The summed E-state index contributed by atoms with van der Waals surface area (Å²) < 4.78 is 18.6. The highest BCUT2D eigenvalue weighted by molar-refractivity contribution is 5.18. The lowest BCUT2D eigenvalue weighted by Crippen LogP contribution is -2.47. The summed E-state index contributed by atoms with van der Waals surface area (Å²) in [6.45, 7) is 6.96. The fraction of sp³-hybridized carbons (Fsp3) is 0.538. The van der Waals surface area contributed by atoms with Gasteiger partial charge >= 0.3 is 0 Å². The van der Waals surface area contributed by atoms with Gasteiger partial charge in [-0.15, -0.1) is 0 Å². The van der Waals surface area contributed by atoms with E-state index in [0.717, 1.165) is 12.0 Å². The number of halogens is 1. The Morgan fingerprint density at radius 1 is 1.25 bits per heavy atom. The van der Waals surface area contributed by atoms with E-state index >= 15 is 0 Å². The van der Waals surface area contributed by atoms with Crippen molar-refractivity contribution in [3.05, 3.63) is 35.6 Å². The Bertz CT molecular complexity index is 374. The number of hydrogen-bond donors (Lipinski definition) is 1. The van der Waals surface area contributed by atoms with Crippen LogP contribution in [0.1, 0.15) is 26.3 Å². The molecule has 1 fully saturated rings. The summed E-state index contributed by atoms with van der Waals surface area (Å²) in [4.78, 5) is 0. The Hall–Kier alpha value is -0.930. The molecule has 1 unspecified atom stereocenters. The van der Waals surface area contributed by atoms with Gasteiger partial charge in [0.05, 0.1) is 6.61 Å². The fourth-order valence-electron chi connectivity index (χ4n) is 2.21. The van der Waals surface area contributed by atoms with Crippen LogP contribution in [-0.2, 0) is 11.2 Å². The Labute approximate surface area is 95.8 Å². The minimum absolute atomic E-state index is 0.00871. The Morgan fingerprint density at radius 3 is 2.38 bits per heavy atom. The second-order valence-electron chi connectivity index (χ2n) is 5.33. The molecule has 0 aromatic heterocycles. The minimum Gasteiger partial charge on any atom is -0.359 e.